The van der Waals surface area contributed by atoms with Crippen LogP contribution in [0.4, 0.5) is 5.69 Å². The van der Waals surface area contributed by atoms with Gasteiger partial charge in [0.05, 0.1) is 22.5 Å². The molecule has 1 rings (SSSR count). The molecular formula is C17H22N2O7S. The van der Waals surface area contributed by atoms with Crippen molar-refractivity contribution >= 4 is 35.3 Å². The first-order valence-electron chi connectivity index (χ1n) is 8.06. The average Bonchev–Trinajstić information content (AvgIpc) is 2.63. The number of amides is 1. The summed E-state index contributed by atoms with van der Waals surface area (Å²) in [6.07, 6.45) is 2.05. The predicted molar refractivity (Wildman–Crippen MR) is 98.6 cm³/mol. The van der Waals surface area contributed by atoms with Gasteiger partial charge in [-0.05, 0) is 30.7 Å². The van der Waals surface area contributed by atoms with E-state index in [2.05, 4.69) is 10.1 Å². The number of thioether (sulfide) groups is 1. The smallest absolute Gasteiger partial charge is 0.338 e. The van der Waals surface area contributed by atoms with E-state index in [1.165, 1.54) is 31.0 Å². The highest BCUT2D eigenvalue weighted by molar-refractivity contribution is 7.98. The fourth-order valence-electron chi connectivity index (χ4n) is 2.24. The van der Waals surface area contributed by atoms with Crippen molar-refractivity contribution in [2.75, 3.05) is 20.0 Å². The first kappa shape index (κ1) is 22.4. The van der Waals surface area contributed by atoms with E-state index in [-0.39, 0.29) is 17.2 Å². The number of hydrogen-bond acceptors (Lipinski definition) is 8. The van der Waals surface area contributed by atoms with E-state index in [0.717, 1.165) is 6.07 Å². The van der Waals surface area contributed by atoms with Gasteiger partial charge in [0, 0.05) is 6.07 Å². The van der Waals surface area contributed by atoms with Crippen molar-refractivity contribution in [3.63, 3.8) is 0 Å². The Labute approximate surface area is 160 Å². The van der Waals surface area contributed by atoms with Gasteiger partial charge in [0.2, 0.25) is 0 Å². The fraction of sp³-hybridized carbons (Fsp3) is 0.471. The minimum absolute atomic E-state index is 0.0426. The molecule has 0 aromatic heterocycles. The van der Waals surface area contributed by atoms with Crippen LogP contribution in [0.25, 0.3) is 0 Å². The Morgan fingerprint density at radius 1 is 1.30 bits per heavy atom. The minimum Gasteiger partial charge on any atom is -0.467 e. The third-order valence-corrected chi connectivity index (χ3v) is 4.26. The first-order chi connectivity index (χ1) is 12.7. The number of nitro groups is 1. The zero-order valence-corrected chi connectivity index (χ0v) is 16.3. The summed E-state index contributed by atoms with van der Waals surface area (Å²) in [5.41, 5.74) is -0.261. The third-order valence-electron chi connectivity index (χ3n) is 3.47. The molecule has 0 heterocycles. The van der Waals surface area contributed by atoms with Crippen LogP contribution in [0.3, 0.4) is 0 Å². The second-order valence-electron chi connectivity index (χ2n) is 5.99. The zero-order valence-electron chi connectivity index (χ0n) is 15.5. The van der Waals surface area contributed by atoms with Crippen LogP contribution in [0.2, 0.25) is 0 Å². The zero-order chi connectivity index (χ0) is 20.6. The number of ether oxygens (including phenoxy) is 2. The van der Waals surface area contributed by atoms with Gasteiger partial charge in [0.25, 0.3) is 11.6 Å². The molecule has 0 saturated carbocycles. The summed E-state index contributed by atoms with van der Waals surface area (Å²) in [6, 6.07) is 3.08. The second kappa shape index (κ2) is 10.5. The number of carbonyl (C=O) groups is 3. The van der Waals surface area contributed by atoms with Crippen LogP contribution in [0.1, 0.15) is 30.6 Å². The van der Waals surface area contributed by atoms with E-state index < -0.39 is 35.4 Å². The van der Waals surface area contributed by atoms with E-state index >= 15 is 0 Å². The Morgan fingerprint density at radius 3 is 2.48 bits per heavy atom. The predicted octanol–water partition coefficient (Wildman–Crippen LogP) is 2.18. The standard InChI is InChI=1S/C17H22N2O7S/c1-10(2)7-12(17(22)25-3)18-15(20)9-26-16(21)11-5-6-14(27-4)13(8-11)19(23)24/h5-6,8,10,12H,7,9H2,1-4H3,(H,18,20)/t12-/m1/s1. The summed E-state index contributed by atoms with van der Waals surface area (Å²) < 4.78 is 9.52. The maximum absolute atomic E-state index is 12.1. The summed E-state index contributed by atoms with van der Waals surface area (Å²) in [4.78, 5) is 46.6. The van der Waals surface area contributed by atoms with Crippen molar-refractivity contribution in [3.8, 4) is 0 Å². The maximum Gasteiger partial charge on any atom is 0.338 e. The first-order valence-corrected chi connectivity index (χ1v) is 9.28. The number of hydrogen-bond donors (Lipinski definition) is 1. The van der Waals surface area contributed by atoms with Gasteiger partial charge in [-0.3, -0.25) is 14.9 Å². The van der Waals surface area contributed by atoms with Crippen molar-refractivity contribution in [1.82, 2.24) is 5.32 Å². The number of carbonyl (C=O) groups excluding carboxylic acids is 3. The average molecular weight is 398 g/mol. The van der Waals surface area contributed by atoms with Crippen LogP contribution in [-0.2, 0) is 19.1 Å². The van der Waals surface area contributed by atoms with Crippen molar-refractivity contribution in [1.29, 1.82) is 0 Å². The molecule has 0 aliphatic heterocycles. The van der Waals surface area contributed by atoms with E-state index in [9.17, 15) is 24.5 Å². The lowest BCUT2D eigenvalue weighted by Crippen LogP contribution is -2.44. The van der Waals surface area contributed by atoms with Crippen LogP contribution >= 0.6 is 11.8 Å². The number of nitrogens with one attached hydrogen (secondary N) is 1. The van der Waals surface area contributed by atoms with E-state index in [1.54, 1.807) is 6.26 Å². The molecule has 0 unspecified atom stereocenters. The highest BCUT2D eigenvalue weighted by atomic mass is 32.2. The van der Waals surface area contributed by atoms with Crippen molar-refractivity contribution in [3.05, 3.63) is 33.9 Å². The highest BCUT2D eigenvalue weighted by Crippen LogP contribution is 2.28. The van der Waals surface area contributed by atoms with Gasteiger partial charge in [-0.25, -0.2) is 9.59 Å². The molecule has 0 saturated heterocycles. The van der Waals surface area contributed by atoms with Crippen molar-refractivity contribution < 1.29 is 28.8 Å². The molecule has 0 radical (unpaired) electrons. The topological polar surface area (TPSA) is 125 Å². The molecule has 1 N–H and O–H groups in total. The lowest BCUT2D eigenvalue weighted by atomic mass is 10.0. The van der Waals surface area contributed by atoms with Crippen molar-refractivity contribution in [2.45, 2.75) is 31.2 Å². The second-order valence-corrected chi connectivity index (χ2v) is 6.84. The van der Waals surface area contributed by atoms with E-state index in [0.29, 0.717) is 11.3 Å². The molecule has 0 fully saturated rings. The van der Waals surface area contributed by atoms with Gasteiger partial charge in [-0.15, -0.1) is 11.8 Å². The summed E-state index contributed by atoms with van der Waals surface area (Å²) in [7, 11) is 1.22. The van der Waals surface area contributed by atoms with Gasteiger partial charge in [0.15, 0.2) is 6.61 Å². The Bertz CT molecular complexity index is 721. The highest BCUT2D eigenvalue weighted by Gasteiger charge is 2.24. The van der Waals surface area contributed by atoms with E-state index in [1.807, 2.05) is 13.8 Å². The Morgan fingerprint density at radius 2 is 1.96 bits per heavy atom. The summed E-state index contributed by atoms with van der Waals surface area (Å²) in [6.45, 7) is 3.14. The quantitative estimate of drug-likeness (QED) is 0.290. The molecule has 1 aromatic rings. The molecule has 0 aliphatic rings. The van der Waals surface area contributed by atoms with Crippen LogP contribution in [0.5, 0.6) is 0 Å². The largest absolute Gasteiger partial charge is 0.467 e. The summed E-state index contributed by atoms with van der Waals surface area (Å²) in [5, 5.41) is 13.5. The van der Waals surface area contributed by atoms with Crippen LogP contribution < -0.4 is 5.32 Å². The number of nitrogens with zero attached hydrogens (tertiary/aromatic N) is 1. The van der Waals surface area contributed by atoms with Gasteiger partial charge in [-0.1, -0.05) is 13.8 Å². The third kappa shape index (κ3) is 6.89. The van der Waals surface area contributed by atoms with Crippen molar-refractivity contribution in [2.24, 2.45) is 5.92 Å². The Kier molecular flexibility index (Phi) is 8.73. The monoisotopic (exact) mass is 398 g/mol. The lowest BCUT2D eigenvalue weighted by molar-refractivity contribution is -0.387. The molecule has 0 bridgehead atoms. The van der Waals surface area contributed by atoms with Crippen LogP contribution in [0.15, 0.2) is 23.1 Å². The number of esters is 2. The molecule has 1 amide bonds. The molecule has 0 spiro atoms. The molecule has 9 nitrogen and oxygen atoms in total. The molecular weight excluding hydrogens is 376 g/mol. The molecule has 148 valence electrons. The Hall–Kier alpha value is -2.62. The molecule has 0 aliphatic carbocycles. The lowest BCUT2D eigenvalue weighted by Gasteiger charge is -2.18. The Balaban J connectivity index is 2.73. The van der Waals surface area contributed by atoms with E-state index in [4.69, 9.17) is 4.74 Å². The van der Waals surface area contributed by atoms with Gasteiger partial charge in [0.1, 0.15) is 6.04 Å². The molecule has 27 heavy (non-hydrogen) atoms. The minimum atomic E-state index is -0.876. The number of benzene rings is 1. The normalized spacial score (nSPS) is 11.6. The molecule has 10 heteroatoms. The number of rotatable bonds is 9. The van der Waals surface area contributed by atoms with Crippen LogP contribution in [0, 0.1) is 16.0 Å². The van der Waals surface area contributed by atoms with Gasteiger partial charge in [-0.2, -0.15) is 0 Å². The van der Waals surface area contributed by atoms with Gasteiger partial charge >= 0.3 is 11.9 Å². The van der Waals surface area contributed by atoms with Gasteiger partial charge < -0.3 is 14.8 Å². The number of nitro benzene ring substituents is 1. The molecule has 1 aromatic carbocycles. The fourth-order valence-corrected chi connectivity index (χ4v) is 2.78. The maximum atomic E-state index is 12.1. The summed E-state index contributed by atoms with van der Waals surface area (Å²) >= 11 is 1.18. The van der Waals surface area contributed by atoms with Crippen LogP contribution in [-0.4, -0.2) is 48.8 Å². The molecule has 1 atom stereocenters. The summed E-state index contributed by atoms with van der Waals surface area (Å²) in [5.74, 6) is -2.01. The SMILES string of the molecule is COC(=O)[C@@H](CC(C)C)NC(=O)COC(=O)c1ccc(SC)c([N+](=O)[O-])c1. The number of methoxy groups -OCH3 is 1.